The summed E-state index contributed by atoms with van der Waals surface area (Å²) < 4.78 is 5.67. The van der Waals surface area contributed by atoms with Gasteiger partial charge in [-0.3, -0.25) is 9.59 Å². The van der Waals surface area contributed by atoms with Gasteiger partial charge in [-0.05, 0) is 42.7 Å². The average Bonchev–Trinajstić information content (AvgIpc) is 2.66. The first-order valence-corrected chi connectivity index (χ1v) is 8.53. The van der Waals surface area contributed by atoms with Crippen molar-refractivity contribution in [3.05, 3.63) is 65.2 Å². The van der Waals surface area contributed by atoms with Gasteiger partial charge in [0, 0.05) is 18.7 Å². The van der Waals surface area contributed by atoms with Crippen LogP contribution in [0, 0.1) is 5.92 Å². The highest BCUT2D eigenvalue weighted by molar-refractivity contribution is 5.94. The van der Waals surface area contributed by atoms with Crippen LogP contribution < -0.4 is 15.4 Å². The van der Waals surface area contributed by atoms with E-state index in [2.05, 4.69) is 10.6 Å². The lowest BCUT2D eigenvalue weighted by atomic mass is 9.96. The molecule has 5 nitrogen and oxygen atoms in total. The first-order chi connectivity index (χ1) is 12.2. The average molecular weight is 338 g/mol. The Morgan fingerprint density at radius 2 is 1.96 bits per heavy atom. The van der Waals surface area contributed by atoms with Crippen molar-refractivity contribution in [2.75, 3.05) is 13.2 Å². The Morgan fingerprint density at radius 3 is 2.80 bits per heavy atom. The minimum atomic E-state index is -0.193. The Morgan fingerprint density at radius 1 is 1.12 bits per heavy atom. The summed E-state index contributed by atoms with van der Waals surface area (Å²) in [6.45, 7) is 3.25. The molecule has 1 atom stereocenters. The fourth-order valence-corrected chi connectivity index (χ4v) is 2.92. The molecule has 1 aliphatic rings. The number of carbonyl (C=O) groups is 2. The number of hydrogen-bond acceptors (Lipinski definition) is 3. The van der Waals surface area contributed by atoms with Gasteiger partial charge in [0.05, 0.1) is 5.92 Å². The number of nitrogens with one attached hydrogen (secondary N) is 2. The zero-order chi connectivity index (χ0) is 17.6. The zero-order valence-corrected chi connectivity index (χ0v) is 14.2. The molecule has 0 bridgehead atoms. The monoisotopic (exact) mass is 338 g/mol. The van der Waals surface area contributed by atoms with Crippen molar-refractivity contribution in [2.45, 2.75) is 19.9 Å². The van der Waals surface area contributed by atoms with Crippen LogP contribution >= 0.6 is 0 Å². The number of hydrogen-bond donors (Lipinski definition) is 2. The predicted octanol–water partition coefficient (Wildman–Crippen LogP) is 2.30. The van der Waals surface area contributed by atoms with Crippen LogP contribution in [0.25, 0.3) is 0 Å². The molecule has 0 fully saturated rings. The second-order valence-corrected chi connectivity index (χ2v) is 6.10. The Labute approximate surface area is 147 Å². The van der Waals surface area contributed by atoms with Crippen LogP contribution in [0.1, 0.15) is 28.4 Å². The fraction of sp³-hybridized carbons (Fsp3) is 0.300. The molecule has 2 N–H and O–H groups in total. The molecule has 0 saturated heterocycles. The minimum Gasteiger partial charge on any atom is -0.492 e. The van der Waals surface area contributed by atoms with Gasteiger partial charge in [-0.1, -0.05) is 30.3 Å². The highest BCUT2D eigenvalue weighted by Gasteiger charge is 2.25. The second-order valence-electron chi connectivity index (χ2n) is 6.10. The largest absolute Gasteiger partial charge is 0.492 e. The molecule has 1 aliphatic heterocycles. The molecule has 2 aromatic carbocycles. The SMILES string of the molecule is CCNC(=O)c1cccc(CNC(=O)C2COc3ccccc3C2)c1. The summed E-state index contributed by atoms with van der Waals surface area (Å²) in [4.78, 5) is 24.3. The molecule has 0 aromatic heterocycles. The van der Waals surface area contributed by atoms with E-state index in [1.165, 1.54) is 0 Å². The smallest absolute Gasteiger partial charge is 0.251 e. The summed E-state index contributed by atoms with van der Waals surface area (Å²) in [6, 6.07) is 15.1. The molecule has 0 saturated carbocycles. The maximum Gasteiger partial charge on any atom is 0.251 e. The molecule has 2 amide bonds. The van der Waals surface area contributed by atoms with Crippen LogP contribution in [0.4, 0.5) is 0 Å². The van der Waals surface area contributed by atoms with Gasteiger partial charge in [0.25, 0.3) is 5.91 Å². The Hall–Kier alpha value is -2.82. The maximum atomic E-state index is 12.4. The van der Waals surface area contributed by atoms with Crippen molar-refractivity contribution >= 4 is 11.8 Å². The van der Waals surface area contributed by atoms with Crippen LogP contribution in [0.5, 0.6) is 5.75 Å². The lowest BCUT2D eigenvalue weighted by molar-refractivity contribution is -0.126. The summed E-state index contributed by atoms with van der Waals surface area (Å²) in [5.41, 5.74) is 2.56. The predicted molar refractivity (Wildman–Crippen MR) is 95.4 cm³/mol. The first kappa shape index (κ1) is 17.0. The van der Waals surface area contributed by atoms with Gasteiger partial charge >= 0.3 is 0 Å². The third-order valence-corrected chi connectivity index (χ3v) is 4.24. The van der Waals surface area contributed by atoms with Crippen molar-refractivity contribution < 1.29 is 14.3 Å². The van der Waals surface area contributed by atoms with E-state index >= 15 is 0 Å². The quantitative estimate of drug-likeness (QED) is 0.879. The normalized spacial score (nSPS) is 15.6. The van der Waals surface area contributed by atoms with E-state index in [0.29, 0.717) is 31.7 Å². The van der Waals surface area contributed by atoms with Gasteiger partial charge in [0.15, 0.2) is 0 Å². The van der Waals surface area contributed by atoms with E-state index in [1.54, 1.807) is 12.1 Å². The van der Waals surface area contributed by atoms with E-state index < -0.39 is 0 Å². The summed E-state index contributed by atoms with van der Waals surface area (Å²) >= 11 is 0. The van der Waals surface area contributed by atoms with Crippen molar-refractivity contribution in [2.24, 2.45) is 5.92 Å². The van der Waals surface area contributed by atoms with Crippen molar-refractivity contribution in [3.63, 3.8) is 0 Å². The van der Waals surface area contributed by atoms with Crippen molar-refractivity contribution in [1.29, 1.82) is 0 Å². The second kappa shape index (κ2) is 7.83. The molecule has 3 rings (SSSR count). The number of para-hydroxylation sites is 1. The summed E-state index contributed by atoms with van der Waals surface area (Å²) in [7, 11) is 0. The van der Waals surface area contributed by atoms with Crippen molar-refractivity contribution in [1.82, 2.24) is 10.6 Å². The van der Waals surface area contributed by atoms with E-state index in [-0.39, 0.29) is 17.7 Å². The molecular weight excluding hydrogens is 316 g/mol. The third-order valence-electron chi connectivity index (χ3n) is 4.24. The highest BCUT2D eigenvalue weighted by atomic mass is 16.5. The molecular formula is C20H22N2O3. The van der Waals surface area contributed by atoms with E-state index in [0.717, 1.165) is 16.9 Å². The zero-order valence-electron chi connectivity index (χ0n) is 14.2. The van der Waals surface area contributed by atoms with Crippen LogP contribution in [-0.4, -0.2) is 25.0 Å². The molecule has 1 heterocycles. The molecule has 0 spiro atoms. The van der Waals surface area contributed by atoms with Crippen LogP contribution in [0.3, 0.4) is 0 Å². The summed E-state index contributed by atoms with van der Waals surface area (Å²) in [5, 5.41) is 5.72. The molecule has 5 heteroatoms. The van der Waals surface area contributed by atoms with Gasteiger partial charge < -0.3 is 15.4 Å². The number of benzene rings is 2. The maximum absolute atomic E-state index is 12.4. The third kappa shape index (κ3) is 4.18. The molecule has 0 aliphatic carbocycles. The Kier molecular flexibility index (Phi) is 5.33. The minimum absolute atomic E-state index is 0.0297. The molecule has 2 aromatic rings. The number of carbonyl (C=O) groups excluding carboxylic acids is 2. The summed E-state index contributed by atoms with van der Waals surface area (Å²) in [5.74, 6) is 0.536. The van der Waals surface area contributed by atoms with Crippen LogP contribution in [-0.2, 0) is 17.8 Å². The lowest BCUT2D eigenvalue weighted by Crippen LogP contribution is -2.37. The van der Waals surface area contributed by atoms with Gasteiger partial charge in [0.1, 0.15) is 12.4 Å². The number of fused-ring (bicyclic) bond motifs is 1. The first-order valence-electron chi connectivity index (χ1n) is 8.53. The lowest BCUT2D eigenvalue weighted by Gasteiger charge is -2.24. The molecule has 0 radical (unpaired) electrons. The van der Waals surface area contributed by atoms with Gasteiger partial charge in [-0.15, -0.1) is 0 Å². The highest BCUT2D eigenvalue weighted by Crippen LogP contribution is 2.26. The van der Waals surface area contributed by atoms with Gasteiger partial charge in [0.2, 0.25) is 5.91 Å². The molecule has 130 valence electrons. The number of rotatable bonds is 5. The van der Waals surface area contributed by atoms with Gasteiger partial charge in [-0.25, -0.2) is 0 Å². The Bertz CT molecular complexity index is 773. The van der Waals surface area contributed by atoms with Crippen LogP contribution in [0.2, 0.25) is 0 Å². The van der Waals surface area contributed by atoms with E-state index in [4.69, 9.17) is 4.74 Å². The van der Waals surface area contributed by atoms with E-state index in [1.807, 2.05) is 43.3 Å². The standard InChI is InChI=1S/C20H22N2O3/c1-2-21-19(23)16-8-5-6-14(10-16)12-22-20(24)17-11-15-7-3-4-9-18(15)25-13-17/h3-10,17H,2,11-13H2,1H3,(H,21,23)(H,22,24). The summed E-state index contributed by atoms with van der Waals surface area (Å²) in [6.07, 6.45) is 0.682. The Balaban J connectivity index is 1.58. The number of amides is 2. The number of ether oxygens (including phenoxy) is 1. The van der Waals surface area contributed by atoms with E-state index in [9.17, 15) is 9.59 Å². The fourth-order valence-electron chi connectivity index (χ4n) is 2.92. The van der Waals surface area contributed by atoms with Gasteiger partial charge in [-0.2, -0.15) is 0 Å². The molecule has 1 unspecified atom stereocenters. The van der Waals surface area contributed by atoms with Crippen molar-refractivity contribution in [3.8, 4) is 5.75 Å². The molecule has 25 heavy (non-hydrogen) atoms. The van der Waals surface area contributed by atoms with Crippen LogP contribution in [0.15, 0.2) is 48.5 Å². The topological polar surface area (TPSA) is 67.4 Å².